The molecule has 0 radical (unpaired) electrons. The van der Waals surface area contributed by atoms with Gasteiger partial charge in [-0.05, 0) is 5.92 Å². The third-order valence-electron chi connectivity index (χ3n) is 1.67. The Kier molecular flexibility index (Phi) is 5.19. The molecule has 5 nitrogen and oxygen atoms in total. The normalized spacial score (nSPS) is 11.8. The largest absolute Gasteiger partial charge is 0.481 e. The predicted molar refractivity (Wildman–Crippen MR) is 55.7 cm³/mol. The molecule has 0 unspecified atom stereocenters. The zero-order chi connectivity index (χ0) is 11.4. The van der Waals surface area contributed by atoms with Crippen LogP contribution >= 0.6 is 7.72 Å². The molecule has 4 N–H and O–H groups in total. The smallest absolute Gasteiger partial charge is 0.314 e. The molecular weight excluding hydrogens is 205 g/mol. The minimum absolute atomic E-state index is 0.117. The first-order valence-corrected chi connectivity index (χ1v) is 6.27. The molecule has 0 heterocycles. The van der Waals surface area contributed by atoms with Crippen LogP contribution in [0.5, 0.6) is 0 Å². The zero-order valence-electron chi connectivity index (χ0n) is 8.40. The molecular formula is C8H17NO4P+. The summed E-state index contributed by atoms with van der Waals surface area (Å²) < 4.78 is 0. The molecule has 0 fully saturated rings. The Balaban J connectivity index is 4.16. The number of rotatable bonds is 6. The van der Waals surface area contributed by atoms with E-state index in [1.54, 1.807) is 0 Å². The Morgan fingerprint density at radius 1 is 1.43 bits per heavy atom. The second-order valence-corrected chi connectivity index (χ2v) is 6.09. The third kappa shape index (κ3) is 5.27. The van der Waals surface area contributed by atoms with Gasteiger partial charge in [0.15, 0.2) is 0 Å². The van der Waals surface area contributed by atoms with Crippen LogP contribution in [0, 0.1) is 11.3 Å². The highest BCUT2D eigenvalue weighted by Crippen LogP contribution is 2.52. The first kappa shape index (κ1) is 13.5. The summed E-state index contributed by atoms with van der Waals surface area (Å²) in [5, 5.41) is 15.8. The number of hydrogen-bond acceptors (Lipinski definition) is 4. The van der Waals surface area contributed by atoms with Crippen molar-refractivity contribution in [3.63, 3.8) is 0 Å². The molecule has 0 amide bonds. The number of aliphatic carboxylic acids is 1. The van der Waals surface area contributed by atoms with Crippen molar-refractivity contribution in [3.8, 4) is 0 Å². The van der Waals surface area contributed by atoms with E-state index < -0.39 is 13.7 Å². The summed E-state index contributed by atoms with van der Waals surface area (Å²) >= 11 is 0. The fraction of sp³-hybridized carbons (Fsp3) is 0.750. The average molecular weight is 222 g/mol. The van der Waals surface area contributed by atoms with E-state index in [0.29, 0.717) is 6.42 Å². The Morgan fingerprint density at radius 2 is 1.93 bits per heavy atom. The second kappa shape index (κ2) is 5.39. The summed E-state index contributed by atoms with van der Waals surface area (Å²) in [5.74, 6) is -0.902. The van der Waals surface area contributed by atoms with Gasteiger partial charge in [0.2, 0.25) is 5.45 Å². The van der Waals surface area contributed by atoms with E-state index in [1.165, 1.54) is 0 Å². The molecule has 0 bridgehead atoms. The summed E-state index contributed by atoms with van der Waals surface area (Å²) in [6.45, 7) is 3.73. The number of hydrogen-bond donors (Lipinski definition) is 4. The van der Waals surface area contributed by atoms with E-state index in [4.69, 9.17) is 10.5 Å². The number of carbonyl (C=O) groups is 1. The van der Waals surface area contributed by atoms with Crippen LogP contribution in [-0.4, -0.2) is 32.5 Å². The van der Waals surface area contributed by atoms with Gasteiger partial charge in [-0.3, -0.25) is 10.2 Å². The molecule has 0 rings (SSSR count). The molecule has 0 atom stereocenters. The summed E-state index contributed by atoms with van der Waals surface area (Å²) in [6, 6.07) is 0. The quantitative estimate of drug-likeness (QED) is 0.402. The van der Waals surface area contributed by atoms with Crippen LogP contribution in [0.4, 0.5) is 0 Å². The van der Waals surface area contributed by atoms with Gasteiger partial charge in [0.25, 0.3) is 0 Å². The number of carboxylic acid groups (broad SMARTS) is 1. The van der Waals surface area contributed by atoms with E-state index in [2.05, 4.69) is 0 Å². The van der Waals surface area contributed by atoms with Crippen molar-refractivity contribution in [2.45, 2.75) is 26.7 Å². The lowest BCUT2D eigenvalue weighted by atomic mass is 10.1. The SMILES string of the molecule is CC(C)CC(=N)[P+](O)(O)CCC(=O)O. The zero-order valence-corrected chi connectivity index (χ0v) is 9.29. The highest BCUT2D eigenvalue weighted by Gasteiger charge is 2.40. The van der Waals surface area contributed by atoms with E-state index >= 15 is 0 Å². The Morgan fingerprint density at radius 3 is 2.29 bits per heavy atom. The molecule has 0 aliphatic rings. The first-order chi connectivity index (χ1) is 6.25. The van der Waals surface area contributed by atoms with Crippen LogP contribution in [0.15, 0.2) is 0 Å². The monoisotopic (exact) mass is 222 g/mol. The minimum Gasteiger partial charge on any atom is -0.481 e. The summed E-state index contributed by atoms with van der Waals surface area (Å²) in [7, 11) is -3.44. The summed E-state index contributed by atoms with van der Waals surface area (Å²) in [6.07, 6.45) is -0.227. The molecule has 0 spiro atoms. The maximum atomic E-state index is 10.2. The Bertz CT molecular complexity index is 227. The molecule has 82 valence electrons. The van der Waals surface area contributed by atoms with Crippen molar-refractivity contribution in [2.24, 2.45) is 5.92 Å². The van der Waals surface area contributed by atoms with Crippen molar-refractivity contribution < 1.29 is 19.7 Å². The fourth-order valence-electron chi connectivity index (χ4n) is 0.919. The lowest BCUT2D eigenvalue weighted by Crippen LogP contribution is -2.13. The molecule has 0 aromatic rings. The number of carboxylic acids is 1. The fourth-order valence-corrected chi connectivity index (χ4v) is 2.35. The van der Waals surface area contributed by atoms with Crippen LogP contribution < -0.4 is 0 Å². The van der Waals surface area contributed by atoms with Gasteiger partial charge in [0.05, 0.1) is 6.42 Å². The molecule has 0 aliphatic heterocycles. The van der Waals surface area contributed by atoms with E-state index in [0.717, 1.165) is 0 Å². The molecule has 0 aliphatic carbocycles. The summed E-state index contributed by atoms with van der Waals surface area (Å²) in [5.41, 5.74) is -0.117. The van der Waals surface area contributed by atoms with Crippen molar-refractivity contribution in [1.29, 1.82) is 5.41 Å². The maximum absolute atomic E-state index is 10.2. The van der Waals surface area contributed by atoms with Crippen LogP contribution in [0.2, 0.25) is 0 Å². The highest BCUT2D eigenvalue weighted by atomic mass is 31.2. The van der Waals surface area contributed by atoms with Gasteiger partial charge >= 0.3 is 13.7 Å². The highest BCUT2D eigenvalue weighted by molar-refractivity contribution is 7.81. The molecule has 14 heavy (non-hydrogen) atoms. The summed E-state index contributed by atoms with van der Waals surface area (Å²) in [4.78, 5) is 29.1. The van der Waals surface area contributed by atoms with Gasteiger partial charge in [0, 0.05) is 6.42 Å². The van der Waals surface area contributed by atoms with Crippen LogP contribution in [-0.2, 0) is 4.79 Å². The number of nitrogens with one attached hydrogen (secondary N) is 1. The van der Waals surface area contributed by atoms with E-state index in [1.807, 2.05) is 13.8 Å². The standard InChI is InChI=1S/C8H16NO4P/c1-6(2)5-7(9)14(12,13)4-3-8(10)11/h6,9,12-13H,3-5H2,1-2H3/p+1. The van der Waals surface area contributed by atoms with E-state index in [9.17, 15) is 14.6 Å². The molecule has 0 aromatic carbocycles. The first-order valence-electron chi connectivity index (χ1n) is 4.39. The molecule has 0 aromatic heterocycles. The van der Waals surface area contributed by atoms with Crippen molar-refractivity contribution in [1.82, 2.24) is 0 Å². The van der Waals surface area contributed by atoms with Crippen molar-refractivity contribution >= 4 is 19.1 Å². The lowest BCUT2D eigenvalue weighted by Gasteiger charge is -2.13. The van der Waals surface area contributed by atoms with Gasteiger partial charge < -0.3 is 5.11 Å². The Labute approximate surface area is 83.8 Å². The predicted octanol–water partition coefficient (Wildman–Crippen LogP) is 1.32. The average Bonchev–Trinajstić information content (AvgIpc) is 1.99. The van der Waals surface area contributed by atoms with Gasteiger partial charge in [-0.2, -0.15) is 0 Å². The van der Waals surface area contributed by atoms with Gasteiger partial charge in [-0.15, -0.1) is 0 Å². The van der Waals surface area contributed by atoms with Gasteiger partial charge in [-0.1, -0.05) is 13.8 Å². The van der Waals surface area contributed by atoms with Gasteiger partial charge in [0.1, 0.15) is 6.16 Å². The second-order valence-electron chi connectivity index (χ2n) is 3.64. The van der Waals surface area contributed by atoms with Crippen molar-refractivity contribution in [2.75, 3.05) is 6.16 Å². The van der Waals surface area contributed by atoms with Crippen LogP contribution in [0.3, 0.4) is 0 Å². The molecule has 6 heteroatoms. The van der Waals surface area contributed by atoms with Crippen LogP contribution in [0.25, 0.3) is 0 Å². The Hall–Kier alpha value is -0.510. The minimum atomic E-state index is -3.44. The van der Waals surface area contributed by atoms with E-state index in [-0.39, 0.29) is 24.0 Å². The van der Waals surface area contributed by atoms with Crippen molar-refractivity contribution in [3.05, 3.63) is 0 Å². The topological polar surface area (TPSA) is 102 Å². The molecule has 0 saturated carbocycles. The molecule has 0 saturated heterocycles. The van der Waals surface area contributed by atoms with Gasteiger partial charge in [-0.25, -0.2) is 9.79 Å². The lowest BCUT2D eigenvalue weighted by molar-refractivity contribution is -0.136. The third-order valence-corrected chi connectivity index (χ3v) is 3.57. The van der Waals surface area contributed by atoms with Crippen LogP contribution in [0.1, 0.15) is 26.7 Å². The maximum Gasteiger partial charge on any atom is 0.314 e.